The van der Waals surface area contributed by atoms with Gasteiger partial charge in [0.15, 0.2) is 5.72 Å². The number of carbonyl (C=O) groups is 8. The van der Waals surface area contributed by atoms with Crippen LogP contribution in [0.1, 0.15) is 92.1 Å². The molecule has 4 heterocycles. The molecule has 3 fully saturated rings. The average molecular weight is 1210 g/mol. The highest BCUT2D eigenvalue weighted by molar-refractivity contribution is 8.02. The number of anilines is 1. The highest BCUT2D eigenvalue weighted by atomic mass is 35.5. The molecule has 3 N–H and O–H groups in total. The SMILES string of the molecule is COC(=O)CCOCCOCCOCCOCCNC(=O)CCN1C(=O)CC(SC(C)(C)CCC(=O)N(C)[C@@H](C)C(=O)O[C@H]2CC(=O)N(C)c3cc(cc(OC)c3Cl)C/C(C)=C/C=C/[C@@H](OC)[C@@]3(O)C[C@H](OC(=O)N3)[C@@H](C)[C@@H]3OC23C)C1=O. The zero-order valence-corrected chi connectivity index (χ0v) is 51.2. The summed E-state index contributed by atoms with van der Waals surface area (Å²) in [4.78, 5) is 109. The third-order valence-electron chi connectivity index (χ3n) is 15.1. The normalized spacial score (nSPS) is 26.2. The van der Waals surface area contributed by atoms with E-state index in [2.05, 4.69) is 15.4 Å². The van der Waals surface area contributed by atoms with E-state index in [1.54, 1.807) is 45.2 Å². The minimum absolute atomic E-state index is 0.0375. The molecule has 83 heavy (non-hydrogen) atoms. The molecule has 6 amide bonds. The van der Waals surface area contributed by atoms with Gasteiger partial charge in [-0.25, -0.2) is 9.59 Å². The molecule has 4 aliphatic heterocycles. The van der Waals surface area contributed by atoms with Gasteiger partial charge in [-0.2, -0.15) is 0 Å². The van der Waals surface area contributed by atoms with Gasteiger partial charge in [-0.05, 0) is 51.3 Å². The largest absolute Gasteiger partial charge is 0.495 e. The smallest absolute Gasteiger partial charge is 0.409 e. The lowest BCUT2D eigenvalue weighted by Crippen LogP contribution is -2.63. The van der Waals surface area contributed by atoms with Crippen molar-refractivity contribution < 1.29 is 90.8 Å². The van der Waals surface area contributed by atoms with Crippen LogP contribution in [0, 0.1) is 5.92 Å². The average Bonchev–Trinajstić information content (AvgIpc) is 2.44. The maximum atomic E-state index is 14.4. The highest BCUT2D eigenvalue weighted by Crippen LogP contribution is 2.49. The number of benzene rings is 1. The van der Waals surface area contributed by atoms with Crippen molar-refractivity contribution in [1.29, 1.82) is 0 Å². The fourth-order valence-electron chi connectivity index (χ4n) is 9.81. The Labute approximate surface area is 495 Å². The van der Waals surface area contributed by atoms with Gasteiger partial charge < -0.3 is 67.6 Å². The molecule has 2 unspecified atom stereocenters. The molecular formula is C57H84ClN5O19S. The number of thioether (sulfide) groups is 1. The molecule has 0 aromatic heterocycles. The Morgan fingerprint density at radius 2 is 1.60 bits per heavy atom. The van der Waals surface area contributed by atoms with Gasteiger partial charge in [-0.15, -0.1) is 11.8 Å². The fourth-order valence-corrected chi connectivity index (χ4v) is 11.6. The molecule has 9 atom stereocenters. The molecule has 3 saturated heterocycles. The summed E-state index contributed by atoms with van der Waals surface area (Å²) in [7, 11) is 7.20. The summed E-state index contributed by atoms with van der Waals surface area (Å²) in [5, 5.41) is 16.6. The first-order chi connectivity index (χ1) is 39.3. The first-order valence-electron chi connectivity index (χ1n) is 27.8. The summed E-state index contributed by atoms with van der Waals surface area (Å²) in [5.74, 6) is -3.53. The van der Waals surface area contributed by atoms with Crippen molar-refractivity contribution in [2.45, 2.75) is 145 Å². The van der Waals surface area contributed by atoms with Crippen LogP contribution < -0.4 is 20.3 Å². The lowest BCUT2D eigenvalue weighted by atomic mass is 9.83. The highest BCUT2D eigenvalue weighted by Gasteiger charge is 2.64. The third-order valence-corrected chi connectivity index (χ3v) is 16.9. The van der Waals surface area contributed by atoms with Crippen LogP contribution in [0.25, 0.3) is 0 Å². The van der Waals surface area contributed by atoms with Crippen LogP contribution in [0.2, 0.25) is 5.02 Å². The fraction of sp³-hybridized carbons (Fsp3) is 0.684. The first kappa shape index (κ1) is 68.4. The minimum atomic E-state index is -1.89. The van der Waals surface area contributed by atoms with E-state index >= 15 is 0 Å². The van der Waals surface area contributed by atoms with Gasteiger partial charge in [0.25, 0.3) is 0 Å². The number of nitrogens with zero attached hydrogens (tertiary/aromatic N) is 3. The summed E-state index contributed by atoms with van der Waals surface area (Å²) in [6, 6.07) is 2.38. The number of nitrogens with one attached hydrogen (secondary N) is 2. The summed E-state index contributed by atoms with van der Waals surface area (Å²) in [6.45, 7) is 13.2. The number of aliphatic hydroxyl groups is 1. The molecule has 4 bridgehead atoms. The van der Waals surface area contributed by atoms with E-state index in [1.807, 2.05) is 26.8 Å². The maximum Gasteiger partial charge on any atom is 0.409 e. The van der Waals surface area contributed by atoms with Crippen LogP contribution in [0.4, 0.5) is 10.5 Å². The monoisotopic (exact) mass is 1210 g/mol. The van der Waals surface area contributed by atoms with Gasteiger partial charge in [0, 0.05) is 70.6 Å². The lowest BCUT2D eigenvalue weighted by molar-refractivity contribution is -0.162. The van der Waals surface area contributed by atoms with Gasteiger partial charge in [0.05, 0.1) is 97.0 Å². The van der Waals surface area contributed by atoms with Crippen molar-refractivity contribution in [3.05, 3.63) is 46.5 Å². The number of hydrogen-bond acceptors (Lipinski definition) is 20. The number of esters is 2. The van der Waals surface area contributed by atoms with Crippen molar-refractivity contribution in [3.63, 3.8) is 0 Å². The van der Waals surface area contributed by atoms with E-state index in [9.17, 15) is 43.5 Å². The van der Waals surface area contributed by atoms with E-state index in [-0.39, 0.29) is 81.7 Å². The van der Waals surface area contributed by atoms with Crippen molar-refractivity contribution in [2.75, 3.05) is 106 Å². The predicted octanol–water partition coefficient (Wildman–Crippen LogP) is 4.07. The molecule has 24 nitrogen and oxygen atoms in total. The number of allylic oxidation sites excluding steroid dienone is 3. The van der Waals surface area contributed by atoms with Crippen LogP contribution in [0.3, 0.4) is 0 Å². The molecule has 4 aliphatic rings. The van der Waals surface area contributed by atoms with Gasteiger partial charge in [0.1, 0.15) is 40.7 Å². The zero-order chi connectivity index (χ0) is 61.2. The molecule has 1 aromatic carbocycles. The van der Waals surface area contributed by atoms with Gasteiger partial charge in [-0.3, -0.25) is 39.0 Å². The Kier molecular flexibility index (Phi) is 26.1. The van der Waals surface area contributed by atoms with E-state index in [0.717, 1.165) is 16.0 Å². The first-order valence-corrected chi connectivity index (χ1v) is 29.0. The van der Waals surface area contributed by atoms with Crippen molar-refractivity contribution in [3.8, 4) is 5.75 Å². The molecule has 0 saturated carbocycles. The zero-order valence-electron chi connectivity index (χ0n) is 49.6. The van der Waals surface area contributed by atoms with Gasteiger partial charge >= 0.3 is 18.0 Å². The van der Waals surface area contributed by atoms with Crippen LogP contribution in [0.5, 0.6) is 5.75 Å². The predicted molar refractivity (Wildman–Crippen MR) is 305 cm³/mol. The molecular weight excluding hydrogens is 1130 g/mol. The second-order valence-corrected chi connectivity index (χ2v) is 24.0. The van der Waals surface area contributed by atoms with Gasteiger partial charge in [0.2, 0.25) is 29.5 Å². The number of likely N-dealkylation sites (N-methyl/N-ethyl adjacent to an activating group) is 1. The number of rotatable bonds is 28. The Bertz CT molecular complexity index is 2520. The lowest BCUT2D eigenvalue weighted by Gasteiger charge is -2.42. The number of fused-ring (bicyclic) bond motifs is 5. The van der Waals surface area contributed by atoms with Crippen LogP contribution >= 0.6 is 23.4 Å². The Balaban J connectivity index is 1.12. The Hall–Kier alpha value is -5.38. The number of alkyl carbamates (subject to hydrolysis) is 1. The minimum Gasteiger partial charge on any atom is -0.495 e. The number of likely N-dealkylation sites (tertiary alicyclic amines) is 1. The molecule has 26 heteroatoms. The summed E-state index contributed by atoms with van der Waals surface area (Å²) in [6.07, 6.45) is 0.556. The number of epoxide rings is 1. The second kappa shape index (κ2) is 31.7. The van der Waals surface area contributed by atoms with Crippen LogP contribution in [0.15, 0.2) is 35.9 Å². The van der Waals surface area contributed by atoms with Crippen molar-refractivity contribution in [2.24, 2.45) is 5.92 Å². The number of ether oxygens (including phenoxy) is 10. The number of halogens is 1. The number of carbonyl (C=O) groups excluding carboxylic acids is 8. The summed E-state index contributed by atoms with van der Waals surface area (Å²) in [5.41, 5.74) is -1.22. The van der Waals surface area contributed by atoms with E-state index in [4.69, 9.17) is 54.2 Å². The molecule has 0 radical (unpaired) electrons. The second-order valence-electron chi connectivity index (χ2n) is 21.7. The molecule has 464 valence electrons. The molecule has 0 spiro atoms. The van der Waals surface area contributed by atoms with E-state index < -0.39 is 99.8 Å². The van der Waals surface area contributed by atoms with Gasteiger partial charge in [-0.1, -0.05) is 56.2 Å². The van der Waals surface area contributed by atoms with Crippen LogP contribution in [-0.2, 0) is 82.6 Å². The number of methoxy groups -OCH3 is 3. The molecule has 5 rings (SSSR count). The quantitative estimate of drug-likeness (QED) is 0.0350. The molecule has 0 aliphatic carbocycles. The third kappa shape index (κ3) is 19.6. The summed E-state index contributed by atoms with van der Waals surface area (Å²) >= 11 is 8.10. The van der Waals surface area contributed by atoms with E-state index in [1.165, 1.54) is 56.9 Å². The number of hydrogen-bond donors (Lipinski definition) is 3. The number of imide groups is 1. The van der Waals surface area contributed by atoms with Crippen LogP contribution in [-0.4, -0.2) is 216 Å². The summed E-state index contributed by atoms with van der Waals surface area (Å²) < 4.78 is 55.0. The Morgan fingerprint density at radius 1 is 0.952 bits per heavy atom. The standard InChI is InChI=1S/C57H84ClN5O19S/c1-35-13-12-14-43(74-10)57(72)34-41(80-54(71)60-57)36(2)51-56(6,82-51)44(33-47(66)62(8)39-30-38(29-35)31-40(73-9)50(39)58)81-53(70)37(3)61(7)46(65)15-18-55(4,5)83-42-32-48(67)63(52(42)69)20-16-45(64)59-19-22-77-24-26-79-28-27-78-25-23-76-21-17-49(68)75-11/h12-14,30-31,36-37,41-44,51,72H,15-29,32-34H2,1-11H3,(H,59,64)(H,60,71)/b14-12+,35-13+/t36-,37+,41+,42?,43-,44+,51+,56?,57+/m1/s1. The van der Waals surface area contributed by atoms with Crippen molar-refractivity contribution >= 4 is 76.6 Å². The van der Waals surface area contributed by atoms with Crippen molar-refractivity contribution in [1.82, 2.24) is 20.4 Å². The topological polar surface area (TPSA) is 286 Å². The van der Waals surface area contributed by atoms with E-state index in [0.29, 0.717) is 57.5 Å². The number of amides is 6. The molecule has 1 aromatic rings. The maximum absolute atomic E-state index is 14.4. The Morgan fingerprint density at radius 3 is 2.24 bits per heavy atom.